The van der Waals surface area contributed by atoms with Gasteiger partial charge >= 0.3 is 23.9 Å². The number of hydrogen-bond acceptors (Lipinski definition) is 15. The zero-order valence-electron chi connectivity index (χ0n) is 34.2. The van der Waals surface area contributed by atoms with Gasteiger partial charge in [0.15, 0.2) is 17.8 Å². The van der Waals surface area contributed by atoms with Crippen LogP contribution in [-0.4, -0.2) is 132 Å². The Morgan fingerprint density at radius 1 is 0.929 bits per heavy atom. The van der Waals surface area contributed by atoms with Crippen molar-refractivity contribution in [3.63, 3.8) is 0 Å². The third-order valence-corrected chi connectivity index (χ3v) is 16.0. The highest BCUT2D eigenvalue weighted by Gasteiger charge is 2.90. The minimum atomic E-state index is -2.38. The smallest absolute Gasteiger partial charge is 0.338 e. The van der Waals surface area contributed by atoms with E-state index in [-0.39, 0.29) is 31.7 Å². The quantitative estimate of drug-likeness (QED) is 0.174. The Labute approximate surface area is 328 Å². The average Bonchev–Trinajstić information content (AvgIpc) is 3.40. The van der Waals surface area contributed by atoms with Crippen LogP contribution < -0.4 is 0 Å². The minimum absolute atomic E-state index is 0.0107. The van der Waals surface area contributed by atoms with Gasteiger partial charge in [-0.1, -0.05) is 34.6 Å². The Kier molecular flexibility index (Phi) is 10.1. The van der Waals surface area contributed by atoms with Crippen molar-refractivity contribution in [3.05, 3.63) is 0 Å². The molecule has 1 spiro atoms. The number of carbonyl (C=O) groups is 4. The first-order chi connectivity index (χ1) is 26.0. The van der Waals surface area contributed by atoms with Crippen LogP contribution in [0.3, 0.4) is 0 Å². The molecule has 4 bridgehead atoms. The molecule has 4 saturated carbocycles. The summed E-state index contributed by atoms with van der Waals surface area (Å²) in [4.78, 5) is 55.6. The largest absolute Gasteiger partial charge is 0.458 e. The first-order valence-corrected chi connectivity index (χ1v) is 20.7. The van der Waals surface area contributed by atoms with Gasteiger partial charge in [-0.25, -0.2) is 4.79 Å². The van der Waals surface area contributed by atoms with E-state index in [1.807, 2.05) is 13.8 Å². The zero-order valence-corrected chi connectivity index (χ0v) is 34.2. The SMILES string of the molecule is CC[C@@H](C)C(=O)O[C@H]1[C@H](O)[C@H]2[C@@H](CN3C[C@@H](C)CC[C@H]3[C@@]2(C)O)C2C[C@]34O[C@@]5(O)[C@@H](OC(=O)C(C)(O)CC)CC[C@@]3(C)[C@@H]5[C@@H](OC(C)=O)[C@@H](OC(C)=O)[C@H]4[C@@]21O. The topological polar surface area (TPSA) is 219 Å². The third kappa shape index (κ3) is 5.60. The molecule has 15 heteroatoms. The van der Waals surface area contributed by atoms with Crippen molar-refractivity contribution in [1.82, 2.24) is 4.90 Å². The highest BCUT2D eigenvalue weighted by Crippen LogP contribution is 2.78. The van der Waals surface area contributed by atoms with Crippen LogP contribution in [0.2, 0.25) is 0 Å². The van der Waals surface area contributed by atoms with Crippen LogP contribution >= 0.6 is 0 Å². The van der Waals surface area contributed by atoms with Crippen molar-refractivity contribution in [1.29, 1.82) is 0 Å². The van der Waals surface area contributed by atoms with Crippen LogP contribution in [-0.2, 0) is 42.9 Å². The van der Waals surface area contributed by atoms with Crippen molar-refractivity contribution in [2.45, 2.75) is 172 Å². The van der Waals surface area contributed by atoms with Gasteiger partial charge in [-0.05, 0) is 76.5 Å². The first-order valence-electron chi connectivity index (χ1n) is 20.7. The summed E-state index contributed by atoms with van der Waals surface area (Å²) in [7, 11) is 0. The molecular weight excluding hydrogens is 730 g/mol. The van der Waals surface area contributed by atoms with Crippen LogP contribution in [0.25, 0.3) is 0 Å². The molecule has 56 heavy (non-hydrogen) atoms. The molecule has 316 valence electrons. The van der Waals surface area contributed by atoms with Crippen molar-refractivity contribution < 1.29 is 68.4 Å². The maximum Gasteiger partial charge on any atom is 0.338 e. The van der Waals surface area contributed by atoms with Gasteiger partial charge in [0, 0.05) is 44.3 Å². The predicted octanol–water partition coefficient (Wildman–Crippen LogP) is 1.61. The number of ether oxygens (including phenoxy) is 5. The summed E-state index contributed by atoms with van der Waals surface area (Å²) in [6, 6.07) is -0.309. The molecular formula is C41H63NO14. The standard InChI is InChI=1S/C41H63NO14/c1-10-20(4)34(46)55-33-28(45)27-23(18-42-17-19(3)12-13-25(42)38(27,9)49)24-16-39-32(40(24,33)50)30(53-22(6)44)29(52-21(5)43)31-36(39,7)15-14-26(41(31,51)56-39)54-35(47)37(8,48)11-2/h19-20,23-33,45,48-51H,10-18H2,1-9H3/t19-,20+,23-,24?,25-,26-,27+,28+,29-,30+,31-,32+,33-,36-,37?,38+,39+,40-,41-/m0/s1. The summed E-state index contributed by atoms with van der Waals surface area (Å²) in [6.45, 7) is 15.5. The van der Waals surface area contributed by atoms with Gasteiger partial charge in [0.2, 0.25) is 5.79 Å². The van der Waals surface area contributed by atoms with Gasteiger partial charge in [0.1, 0.15) is 17.8 Å². The molecule has 0 amide bonds. The second-order valence-electron chi connectivity index (χ2n) is 19.2. The highest BCUT2D eigenvalue weighted by molar-refractivity contribution is 5.79. The second-order valence-corrected chi connectivity index (χ2v) is 19.2. The Morgan fingerprint density at radius 3 is 2.14 bits per heavy atom. The summed E-state index contributed by atoms with van der Waals surface area (Å²) in [6.07, 6.45) is -5.31. The highest BCUT2D eigenvalue weighted by atomic mass is 16.7. The minimum Gasteiger partial charge on any atom is -0.458 e. The maximum atomic E-state index is 13.9. The van der Waals surface area contributed by atoms with Crippen LogP contribution in [0, 0.1) is 46.8 Å². The van der Waals surface area contributed by atoms with Gasteiger partial charge < -0.3 is 49.2 Å². The fourth-order valence-electron chi connectivity index (χ4n) is 13.1. The van der Waals surface area contributed by atoms with Crippen LogP contribution in [0.5, 0.6) is 0 Å². The van der Waals surface area contributed by atoms with Crippen LogP contribution in [0.15, 0.2) is 0 Å². The number of nitrogens with zero attached hydrogens (tertiary/aromatic N) is 1. The van der Waals surface area contributed by atoms with Crippen molar-refractivity contribution >= 4 is 23.9 Å². The number of piperidine rings is 2. The van der Waals surface area contributed by atoms with Crippen molar-refractivity contribution in [2.75, 3.05) is 13.1 Å². The number of esters is 4. The number of rotatable bonds is 8. The van der Waals surface area contributed by atoms with Crippen LogP contribution in [0.4, 0.5) is 0 Å². The molecule has 4 aliphatic carbocycles. The average molecular weight is 794 g/mol. The van der Waals surface area contributed by atoms with Crippen molar-refractivity contribution in [2.24, 2.45) is 46.8 Å². The van der Waals surface area contributed by atoms with Gasteiger partial charge in [0.05, 0.1) is 35.1 Å². The molecule has 7 aliphatic rings. The van der Waals surface area contributed by atoms with E-state index in [0.29, 0.717) is 31.8 Å². The molecule has 19 atom stereocenters. The number of aliphatic hydroxyl groups excluding tert-OH is 1. The van der Waals surface area contributed by atoms with E-state index in [0.717, 1.165) is 6.42 Å². The van der Waals surface area contributed by atoms with E-state index in [1.165, 1.54) is 20.8 Å². The second kappa shape index (κ2) is 13.6. The summed E-state index contributed by atoms with van der Waals surface area (Å²) >= 11 is 0. The Bertz CT molecular complexity index is 1620. The molecule has 5 N–H and O–H groups in total. The molecule has 3 heterocycles. The summed E-state index contributed by atoms with van der Waals surface area (Å²) in [5, 5.41) is 62.9. The lowest BCUT2D eigenvalue weighted by atomic mass is 9.48. The van der Waals surface area contributed by atoms with Crippen molar-refractivity contribution in [3.8, 4) is 0 Å². The molecule has 0 radical (unpaired) electrons. The third-order valence-electron chi connectivity index (χ3n) is 16.0. The summed E-state index contributed by atoms with van der Waals surface area (Å²) in [5.74, 6) is -10.8. The molecule has 0 aromatic heterocycles. The molecule has 7 fully saturated rings. The van der Waals surface area contributed by atoms with Crippen LogP contribution in [0.1, 0.15) is 107 Å². The van der Waals surface area contributed by atoms with Gasteiger partial charge in [-0.3, -0.25) is 19.3 Å². The monoisotopic (exact) mass is 793 g/mol. The fourth-order valence-corrected chi connectivity index (χ4v) is 13.1. The number of fused-ring (bicyclic) bond motifs is 5. The molecule has 3 saturated heterocycles. The Balaban J connectivity index is 1.45. The predicted molar refractivity (Wildman–Crippen MR) is 195 cm³/mol. The molecule has 7 rings (SSSR count). The maximum absolute atomic E-state index is 13.9. The Hall–Kier alpha value is -2.40. The molecule has 15 nitrogen and oxygen atoms in total. The number of hydrogen-bond donors (Lipinski definition) is 5. The molecule has 3 aliphatic heterocycles. The zero-order chi connectivity index (χ0) is 41.3. The summed E-state index contributed by atoms with van der Waals surface area (Å²) < 4.78 is 31.3. The normalized spacial score (nSPS) is 50.5. The number of carbonyl (C=O) groups excluding carboxylic acids is 4. The van der Waals surface area contributed by atoms with E-state index < -0.39 is 124 Å². The van der Waals surface area contributed by atoms with E-state index in [2.05, 4.69) is 11.8 Å². The van der Waals surface area contributed by atoms with Gasteiger partial charge in [-0.15, -0.1) is 0 Å². The lowest BCUT2D eigenvalue weighted by molar-refractivity contribution is -0.301. The van der Waals surface area contributed by atoms with Gasteiger partial charge in [0.25, 0.3) is 0 Å². The van der Waals surface area contributed by atoms with E-state index in [9.17, 15) is 44.7 Å². The Morgan fingerprint density at radius 2 is 1.55 bits per heavy atom. The fraction of sp³-hybridized carbons (Fsp3) is 0.902. The van der Waals surface area contributed by atoms with E-state index in [4.69, 9.17) is 23.7 Å². The molecule has 0 aromatic rings. The van der Waals surface area contributed by atoms with E-state index >= 15 is 0 Å². The lowest BCUT2D eigenvalue weighted by Crippen LogP contribution is -2.78. The summed E-state index contributed by atoms with van der Waals surface area (Å²) in [5.41, 5.74) is -8.37. The molecule has 2 unspecified atom stereocenters. The van der Waals surface area contributed by atoms with E-state index in [1.54, 1.807) is 20.8 Å². The lowest BCUT2D eigenvalue weighted by Gasteiger charge is -2.64. The molecule has 0 aromatic carbocycles. The number of aliphatic hydroxyl groups is 5. The first kappa shape index (κ1) is 41.7. The van der Waals surface area contributed by atoms with Gasteiger partial charge in [-0.2, -0.15) is 0 Å².